The van der Waals surface area contributed by atoms with E-state index in [2.05, 4.69) is 5.32 Å². The van der Waals surface area contributed by atoms with E-state index in [9.17, 15) is 4.79 Å². The summed E-state index contributed by atoms with van der Waals surface area (Å²) in [5, 5.41) is 3.29. The van der Waals surface area contributed by atoms with Gasteiger partial charge in [0.25, 0.3) is 0 Å². The first-order valence-corrected chi connectivity index (χ1v) is 6.16. The maximum atomic E-state index is 11.4. The van der Waals surface area contributed by atoms with E-state index in [4.69, 9.17) is 22.1 Å². The fraction of sp³-hybridized carbons (Fsp3) is 0.462. The summed E-state index contributed by atoms with van der Waals surface area (Å²) in [5.41, 5.74) is 6.92. The summed E-state index contributed by atoms with van der Waals surface area (Å²) in [7, 11) is 0. The lowest BCUT2D eigenvalue weighted by atomic mass is 10.1. The molecule has 18 heavy (non-hydrogen) atoms. The van der Waals surface area contributed by atoms with Gasteiger partial charge in [0.1, 0.15) is 5.60 Å². The van der Waals surface area contributed by atoms with Gasteiger partial charge in [-0.25, -0.2) is 4.79 Å². The van der Waals surface area contributed by atoms with E-state index in [-0.39, 0.29) is 0 Å². The molecule has 0 saturated carbocycles. The number of anilines is 1. The Labute approximate surface area is 112 Å². The average molecular weight is 271 g/mol. The van der Waals surface area contributed by atoms with E-state index in [0.717, 1.165) is 5.56 Å². The van der Waals surface area contributed by atoms with Crippen LogP contribution in [0, 0.1) is 0 Å². The van der Waals surface area contributed by atoms with Crippen molar-refractivity contribution in [1.82, 2.24) is 5.32 Å². The van der Waals surface area contributed by atoms with Crippen LogP contribution in [0.5, 0.6) is 0 Å². The maximum Gasteiger partial charge on any atom is 0.407 e. The molecular weight excluding hydrogens is 252 g/mol. The van der Waals surface area contributed by atoms with Crippen LogP contribution in [-0.2, 0) is 11.2 Å². The molecule has 0 heterocycles. The summed E-state index contributed by atoms with van der Waals surface area (Å²) >= 11 is 5.80. The van der Waals surface area contributed by atoms with Crippen LogP contribution >= 0.6 is 11.6 Å². The van der Waals surface area contributed by atoms with E-state index in [1.165, 1.54) is 0 Å². The van der Waals surface area contributed by atoms with Crippen LogP contribution in [0.25, 0.3) is 0 Å². The van der Waals surface area contributed by atoms with Gasteiger partial charge in [-0.1, -0.05) is 17.7 Å². The largest absolute Gasteiger partial charge is 0.444 e. The highest BCUT2D eigenvalue weighted by atomic mass is 35.5. The van der Waals surface area contributed by atoms with Crippen LogP contribution in [-0.4, -0.2) is 18.2 Å². The topological polar surface area (TPSA) is 64.3 Å². The first kappa shape index (κ1) is 14.6. The molecular formula is C13H19ClN2O2. The van der Waals surface area contributed by atoms with Gasteiger partial charge < -0.3 is 15.8 Å². The molecule has 0 aliphatic heterocycles. The predicted octanol–water partition coefficient (Wildman–Crippen LogP) is 2.99. The van der Waals surface area contributed by atoms with Crippen molar-refractivity contribution >= 4 is 23.4 Å². The van der Waals surface area contributed by atoms with Gasteiger partial charge in [-0.05, 0) is 44.9 Å². The fourth-order valence-corrected chi connectivity index (χ4v) is 1.59. The van der Waals surface area contributed by atoms with Gasteiger partial charge in [-0.15, -0.1) is 0 Å². The van der Waals surface area contributed by atoms with Crippen LogP contribution < -0.4 is 11.1 Å². The van der Waals surface area contributed by atoms with Gasteiger partial charge >= 0.3 is 6.09 Å². The van der Waals surface area contributed by atoms with E-state index in [0.29, 0.717) is 23.7 Å². The van der Waals surface area contributed by atoms with Crippen LogP contribution in [0.3, 0.4) is 0 Å². The van der Waals surface area contributed by atoms with Crippen molar-refractivity contribution in [3.63, 3.8) is 0 Å². The molecule has 0 spiro atoms. The van der Waals surface area contributed by atoms with Gasteiger partial charge in [0.2, 0.25) is 0 Å². The van der Waals surface area contributed by atoms with Crippen molar-refractivity contribution < 1.29 is 9.53 Å². The Morgan fingerprint density at radius 3 is 2.67 bits per heavy atom. The number of nitrogens with two attached hydrogens (primary N) is 1. The third-order valence-electron chi connectivity index (χ3n) is 2.17. The molecule has 0 bridgehead atoms. The zero-order chi connectivity index (χ0) is 13.8. The Kier molecular flexibility index (Phi) is 4.84. The molecule has 100 valence electrons. The van der Waals surface area contributed by atoms with E-state index >= 15 is 0 Å². The van der Waals surface area contributed by atoms with Crippen molar-refractivity contribution in [3.8, 4) is 0 Å². The minimum Gasteiger partial charge on any atom is -0.444 e. The van der Waals surface area contributed by atoms with E-state index in [1.54, 1.807) is 12.1 Å². The van der Waals surface area contributed by atoms with Crippen molar-refractivity contribution in [2.45, 2.75) is 32.8 Å². The average Bonchev–Trinajstić information content (AvgIpc) is 2.18. The van der Waals surface area contributed by atoms with Gasteiger partial charge in [0.05, 0.1) is 0 Å². The Balaban J connectivity index is 2.40. The van der Waals surface area contributed by atoms with Gasteiger partial charge in [-0.3, -0.25) is 0 Å². The number of benzene rings is 1. The lowest BCUT2D eigenvalue weighted by Gasteiger charge is -2.19. The molecule has 0 atom stereocenters. The summed E-state index contributed by atoms with van der Waals surface area (Å²) in [4.78, 5) is 11.4. The summed E-state index contributed by atoms with van der Waals surface area (Å²) in [6.45, 7) is 5.94. The molecule has 1 rings (SSSR count). The molecule has 1 amide bonds. The molecule has 1 aromatic rings. The molecule has 0 aliphatic carbocycles. The summed E-state index contributed by atoms with van der Waals surface area (Å²) in [6.07, 6.45) is 0.220. The van der Waals surface area contributed by atoms with Crippen molar-refractivity contribution in [2.24, 2.45) is 0 Å². The highest BCUT2D eigenvalue weighted by Gasteiger charge is 2.15. The number of carbonyl (C=O) groups excluding carboxylic acids is 1. The number of rotatable bonds is 3. The van der Waals surface area contributed by atoms with Gasteiger partial charge in [0.15, 0.2) is 0 Å². The third kappa shape index (κ3) is 5.27. The molecule has 0 aromatic heterocycles. The van der Waals surface area contributed by atoms with E-state index in [1.807, 2.05) is 26.8 Å². The quantitative estimate of drug-likeness (QED) is 0.830. The lowest BCUT2D eigenvalue weighted by Crippen LogP contribution is -2.33. The maximum absolute atomic E-state index is 11.4. The number of amides is 1. The van der Waals surface area contributed by atoms with Crippen molar-refractivity contribution in [2.75, 3.05) is 12.3 Å². The van der Waals surface area contributed by atoms with Crippen molar-refractivity contribution in [3.05, 3.63) is 28.8 Å². The summed E-state index contributed by atoms with van der Waals surface area (Å²) in [6, 6.07) is 5.33. The highest BCUT2D eigenvalue weighted by Crippen LogP contribution is 2.18. The molecule has 5 heteroatoms. The number of nitrogen functional groups attached to an aromatic ring is 1. The molecule has 3 N–H and O–H groups in total. The normalized spacial score (nSPS) is 11.1. The molecule has 0 unspecified atom stereocenters. The van der Waals surface area contributed by atoms with Crippen LogP contribution in [0.15, 0.2) is 18.2 Å². The minimum absolute atomic E-state index is 0.421. The summed E-state index contributed by atoms with van der Waals surface area (Å²) in [5.74, 6) is 0. The standard InChI is InChI=1S/C13H19ClN2O2/c1-13(2,3)18-12(17)16-7-6-9-4-5-10(14)8-11(9)15/h4-5,8H,6-7,15H2,1-3H3,(H,16,17). The molecule has 1 aromatic carbocycles. The molecule has 0 radical (unpaired) electrons. The zero-order valence-corrected chi connectivity index (χ0v) is 11.7. The van der Waals surface area contributed by atoms with E-state index < -0.39 is 11.7 Å². The Morgan fingerprint density at radius 2 is 2.11 bits per heavy atom. The molecule has 0 fully saturated rings. The van der Waals surface area contributed by atoms with Crippen LogP contribution in [0.1, 0.15) is 26.3 Å². The monoisotopic (exact) mass is 270 g/mol. The molecule has 0 saturated heterocycles. The fourth-order valence-electron chi connectivity index (χ4n) is 1.41. The third-order valence-corrected chi connectivity index (χ3v) is 2.41. The Morgan fingerprint density at radius 1 is 1.44 bits per heavy atom. The first-order valence-electron chi connectivity index (χ1n) is 5.79. The number of carbonyl (C=O) groups is 1. The number of ether oxygens (including phenoxy) is 1. The Bertz CT molecular complexity index is 427. The smallest absolute Gasteiger partial charge is 0.407 e. The van der Waals surface area contributed by atoms with Crippen LogP contribution in [0.4, 0.5) is 10.5 Å². The SMILES string of the molecule is CC(C)(C)OC(=O)NCCc1ccc(Cl)cc1N. The number of alkyl carbamates (subject to hydrolysis) is 1. The summed E-state index contributed by atoms with van der Waals surface area (Å²) < 4.78 is 5.12. The predicted molar refractivity (Wildman–Crippen MR) is 73.8 cm³/mol. The van der Waals surface area contributed by atoms with Gasteiger partial charge in [0, 0.05) is 17.3 Å². The highest BCUT2D eigenvalue weighted by molar-refractivity contribution is 6.30. The molecule has 4 nitrogen and oxygen atoms in total. The lowest BCUT2D eigenvalue weighted by molar-refractivity contribution is 0.0528. The van der Waals surface area contributed by atoms with Crippen molar-refractivity contribution in [1.29, 1.82) is 0 Å². The van der Waals surface area contributed by atoms with Gasteiger partial charge in [-0.2, -0.15) is 0 Å². The minimum atomic E-state index is -0.483. The first-order chi connectivity index (χ1) is 8.28. The second kappa shape index (κ2) is 5.96. The second-order valence-corrected chi connectivity index (χ2v) is 5.46. The number of nitrogens with one attached hydrogen (secondary N) is 1. The zero-order valence-electron chi connectivity index (χ0n) is 10.9. The number of hydrogen-bond acceptors (Lipinski definition) is 3. The number of halogens is 1. The second-order valence-electron chi connectivity index (χ2n) is 5.02. The molecule has 0 aliphatic rings. The van der Waals surface area contributed by atoms with Crippen LogP contribution in [0.2, 0.25) is 5.02 Å². The Hall–Kier alpha value is -1.42. The number of hydrogen-bond donors (Lipinski definition) is 2.